The van der Waals surface area contributed by atoms with E-state index in [9.17, 15) is 9.59 Å². The van der Waals surface area contributed by atoms with Gasteiger partial charge >= 0.3 is 0 Å². The molecule has 0 aromatic carbocycles. The summed E-state index contributed by atoms with van der Waals surface area (Å²) in [4.78, 5) is 37.9. The molecule has 3 aromatic rings. The van der Waals surface area contributed by atoms with Crippen LogP contribution in [0, 0.1) is 0 Å². The maximum absolute atomic E-state index is 13.2. The fourth-order valence-electron chi connectivity index (χ4n) is 3.17. The van der Waals surface area contributed by atoms with E-state index in [0.717, 1.165) is 18.5 Å². The number of hydrogen-bond donors (Lipinski definition) is 1. The molecule has 0 atom stereocenters. The molecule has 3 heterocycles. The summed E-state index contributed by atoms with van der Waals surface area (Å²) in [5.41, 5.74) is 1.19. The van der Waals surface area contributed by atoms with Gasteiger partial charge in [-0.1, -0.05) is 26.0 Å². The second-order valence-corrected chi connectivity index (χ2v) is 6.45. The third-order valence-corrected chi connectivity index (χ3v) is 4.36. The van der Waals surface area contributed by atoms with Crippen LogP contribution in [0.15, 0.2) is 46.1 Å². The van der Waals surface area contributed by atoms with E-state index >= 15 is 0 Å². The number of allylic oxidation sites excluding steroid dienone is 4. The minimum atomic E-state index is -0.383. The lowest BCUT2D eigenvalue weighted by atomic mass is 10.1. The maximum atomic E-state index is 13.2. The van der Waals surface area contributed by atoms with Crippen molar-refractivity contribution in [3.8, 4) is 0 Å². The SMILES string of the molecule is CC(C)c1nc2[nH]c3cccnc3c(=O)c2c(=O)n1C1=CCCC=C1. The Morgan fingerprint density at radius 2 is 2.08 bits per heavy atom. The van der Waals surface area contributed by atoms with Crippen LogP contribution < -0.4 is 11.0 Å². The van der Waals surface area contributed by atoms with Crippen molar-refractivity contribution >= 4 is 27.8 Å². The van der Waals surface area contributed by atoms with Crippen LogP contribution in [-0.2, 0) is 0 Å². The summed E-state index contributed by atoms with van der Waals surface area (Å²) in [5, 5.41) is 0.0514. The van der Waals surface area contributed by atoms with E-state index < -0.39 is 0 Å². The van der Waals surface area contributed by atoms with E-state index in [4.69, 9.17) is 0 Å². The van der Waals surface area contributed by atoms with Gasteiger partial charge in [0.1, 0.15) is 22.4 Å². The number of aromatic nitrogens is 4. The molecule has 0 radical (unpaired) electrons. The van der Waals surface area contributed by atoms with E-state index in [1.807, 2.05) is 32.1 Å². The number of fused-ring (bicyclic) bond motifs is 2. The topological polar surface area (TPSA) is 80.6 Å². The van der Waals surface area contributed by atoms with Crippen molar-refractivity contribution in [2.45, 2.75) is 32.6 Å². The molecule has 1 N–H and O–H groups in total. The molecular formula is C19H18N4O2. The lowest BCUT2D eigenvalue weighted by molar-refractivity contribution is 0.727. The van der Waals surface area contributed by atoms with Crippen molar-refractivity contribution in [1.29, 1.82) is 0 Å². The molecule has 4 rings (SSSR count). The predicted octanol–water partition coefficient (Wildman–Crippen LogP) is 2.95. The molecule has 3 aromatic heterocycles. The minimum absolute atomic E-state index is 0.0291. The van der Waals surface area contributed by atoms with Gasteiger partial charge in [-0.05, 0) is 31.1 Å². The number of hydrogen-bond acceptors (Lipinski definition) is 4. The van der Waals surface area contributed by atoms with Crippen molar-refractivity contribution in [3.63, 3.8) is 0 Å². The third-order valence-electron chi connectivity index (χ3n) is 4.36. The zero-order valence-corrected chi connectivity index (χ0v) is 14.1. The highest BCUT2D eigenvalue weighted by molar-refractivity contribution is 5.88. The molecule has 6 heteroatoms. The zero-order chi connectivity index (χ0) is 17.6. The van der Waals surface area contributed by atoms with Gasteiger partial charge in [0.2, 0.25) is 5.43 Å². The fourth-order valence-corrected chi connectivity index (χ4v) is 3.17. The van der Waals surface area contributed by atoms with Crippen molar-refractivity contribution in [2.75, 3.05) is 0 Å². The smallest absolute Gasteiger partial charge is 0.271 e. The highest BCUT2D eigenvalue weighted by Gasteiger charge is 2.20. The van der Waals surface area contributed by atoms with Crippen LogP contribution in [-0.4, -0.2) is 19.5 Å². The quantitative estimate of drug-likeness (QED) is 0.731. The normalized spacial score (nSPS) is 14.4. The Bertz CT molecular complexity index is 1170. The lowest BCUT2D eigenvalue weighted by Crippen LogP contribution is -2.29. The summed E-state index contributed by atoms with van der Waals surface area (Å²) in [6.45, 7) is 3.97. The Labute approximate surface area is 143 Å². The maximum Gasteiger partial charge on any atom is 0.271 e. The Morgan fingerprint density at radius 1 is 1.24 bits per heavy atom. The van der Waals surface area contributed by atoms with Gasteiger partial charge in [-0.2, -0.15) is 0 Å². The zero-order valence-electron chi connectivity index (χ0n) is 14.1. The van der Waals surface area contributed by atoms with Crippen LogP contribution in [0.25, 0.3) is 27.8 Å². The molecule has 6 nitrogen and oxygen atoms in total. The molecule has 0 spiro atoms. The highest BCUT2D eigenvalue weighted by atomic mass is 16.1. The van der Waals surface area contributed by atoms with E-state index in [1.54, 1.807) is 22.9 Å². The minimum Gasteiger partial charge on any atom is -0.337 e. The van der Waals surface area contributed by atoms with Gasteiger partial charge in [0.25, 0.3) is 5.56 Å². The van der Waals surface area contributed by atoms with Gasteiger partial charge in [0.15, 0.2) is 0 Å². The number of rotatable bonds is 2. The van der Waals surface area contributed by atoms with Crippen LogP contribution in [0.2, 0.25) is 0 Å². The predicted molar refractivity (Wildman–Crippen MR) is 98.7 cm³/mol. The Hall–Kier alpha value is -3.02. The fraction of sp³-hybridized carbons (Fsp3) is 0.263. The van der Waals surface area contributed by atoms with Crippen molar-refractivity contribution in [1.82, 2.24) is 19.5 Å². The first-order valence-electron chi connectivity index (χ1n) is 8.38. The van der Waals surface area contributed by atoms with Gasteiger partial charge in [0, 0.05) is 17.8 Å². The van der Waals surface area contributed by atoms with Crippen LogP contribution in [0.5, 0.6) is 0 Å². The van der Waals surface area contributed by atoms with Crippen LogP contribution in [0.4, 0.5) is 0 Å². The first kappa shape index (κ1) is 15.5. The first-order valence-corrected chi connectivity index (χ1v) is 8.38. The second-order valence-electron chi connectivity index (χ2n) is 6.45. The average molecular weight is 334 g/mol. The highest BCUT2D eigenvalue weighted by Crippen LogP contribution is 2.21. The molecule has 0 saturated heterocycles. The molecule has 0 aliphatic heterocycles. The molecule has 0 unspecified atom stereocenters. The Kier molecular flexibility index (Phi) is 3.60. The molecule has 0 saturated carbocycles. The molecule has 0 amide bonds. The van der Waals surface area contributed by atoms with Crippen molar-refractivity contribution < 1.29 is 0 Å². The summed E-state index contributed by atoms with van der Waals surface area (Å²) in [6, 6.07) is 3.50. The average Bonchev–Trinajstić information content (AvgIpc) is 2.62. The van der Waals surface area contributed by atoms with Crippen molar-refractivity contribution in [3.05, 3.63) is 63.0 Å². The molecule has 0 fully saturated rings. The van der Waals surface area contributed by atoms with Crippen molar-refractivity contribution in [2.24, 2.45) is 0 Å². The Balaban J connectivity index is 2.18. The third kappa shape index (κ3) is 2.41. The van der Waals surface area contributed by atoms with E-state index in [1.165, 1.54) is 0 Å². The van der Waals surface area contributed by atoms with Gasteiger partial charge in [0.05, 0.1) is 5.52 Å². The molecule has 0 bridgehead atoms. The molecule has 1 aliphatic rings. The lowest BCUT2D eigenvalue weighted by Gasteiger charge is -2.18. The summed E-state index contributed by atoms with van der Waals surface area (Å²) in [7, 11) is 0. The number of H-pyrrole nitrogens is 1. The number of nitrogens with zero attached hydrogens (tertiary/aromatic N) is 3. The van der Waals surface area contributed by atoms with E-state index in [0.29, 0.717) is 17.0 Å². The Morgan fingerprint density at radius 3 is 2.80 bits per heavy atom. The molecule has 1 aliphatic carbocycles. The number of nitrogens with one attached hydrogen (secondary N) is 1. The van der Waals surface area contributed by atoms with Gasteiger partial charge in [-0.15, -0.1) is 0 Å². The first-order chi connectivity index (χ1) is 12.1. The summed E-state index contributed by atoms with van der Waals surface area (Å²) < 4.78 is 1.56. The standard InChI is InChI=1S/C19H18N4O2/c1-11(2)18-22-17-14(16(24)15-13(21-17)9-6-10-20-15)19(25)23(18)12-7-4-3-5-8-12/h4,6-11H,3,5H2,1-2H3,(H,21,24). The molecular weight excluding hydrogens is 316 g/mol. The molecule has 25 heavy (non-hydrogen) atoms. The summed E-state index contributed by atoms with van der Waals surface area (Å²) in [5.74, 6) is 0.663. The second kappa shape index (κ2) is 5.81. The van der Waals surface area contributed by atoms with Crippen LogP contribution >= 0.6 is 0 Å². The monoisotopic (exact) mass is 334 g/mol. The number of aromatic amines is 1. The molecule has 126 valence electrons. The van der Waals surface area contributed by atoms with Gasteiger partial charge < -0.3 is 4.98 Å². The summed E-state index contributed by atoms with van der Waals surface area (Å²) >= 11 is 0. The number of pyridine rings is 2. The summed E-state index contributed by atoms with van der Waals surface area (Å²) in [6.07, 6.45) is 9.31. The van der Waals surface area contributed by atoms with Crippen LogP contribution in [0.3, 0.4) is 0 Å². The largest absolute Gasteiger partial charge is 0.337 e. The van der Waals surface area contributed by atoms with Gasteiger partial charge in [-0.3, -0.25) is 19.1 Å². The van der Waals surface area contributed by atoms with Gasteiger partial charge in [-0.25, -0.2) is 4.98 Å². The van der Waals surface area contributed by atoms with E-state index in [-0.39, 0.29) is 27.8 Å². The van der Waals surface area contributed by atoms with E-state index in [2.05, 4.69) is 15.0 Å². The van der Waals surface area contributed by atoms with Crippen LogP contribution in [0.1, 0.15) is 38.4 Å².